The molecule has 0 heterocycles. The molecule has 0 aliphatic heterocycles. The molecule has 1 atom stereocenters. The first-order chi connectivity index (χ1) is 10.2. The lowest BCUT2D eigenvalue weighted by Crippen LogP contribution is -2.17. The number of halogens is 1. The van der Waals surface area contributed by atoms with Gasteiger partial charge < -0.3 is 0 Å². The van der Waals surface area contributed by atoms with Crippen molar-refractivity contribution in [1.82, 2.24) is 0 Å². The van der Waals surface area contributed by atoms with Crippen LogP contribution in [0.25, 0.3) is 5.57 Å². The molecule has 0 spiro atoms. The van der Waals surface area contributed by atoms with E-state index in [9.17, 15) is 4.39 Å². The first-order valence-electron chi connectivity index (χ1n) is 7.81. The predicted octanol–water partition coefficient (Wildman–Crippen LogP) is 5.23. The number of benzene rings is 2. The van der Waals surface area contributed by atoms with Gasteiger partial charge in [-0.2, -0.15) is 0 Å². The summed E-state index contributed by atoms with van der Waals surface area (Å²) < 4.78 is 14.4. The van der Waals surface area contributed by atoms with Crippen LogP contribution in [-0.4, -0.2) is 0 Å². The van der Waals surface area contributed by atoms with Crippen molar-refractivity contribution < 1.29 is 4.39 Å². The Hall–Kier alpha value is -1.89. The molecule has 4 rings (SSSR count). The topological polar surface area (TPSA) is 0 Å². The zero-order valence-corrected chi connectivity index (χ0v) is 12.4. The Kier molecular flexibility index (Phi) is 2.78. The Balaban J connectivity index is 2.01. The fourth-order valence-corrected chi connectivity index (χ4v) is 4.14. The first-order valence-corrected chi connectivity index (χ1v) is 7.81. The summed E-state index contributed by atoms with van der Waals surface area (Å²) in [6.45, 7) is 6.40. The maximum Gasteiger partial charge on any atom is 0.127 e. The van der Waals surface area contributed by atoms with E-state index in [0.717, 1.165) is 29.5 Å². The summed E-state index contributed by atoms with van der Waals surface area (Å²) in [4.78, 5) is 0. The van der Waals surface area contributed by atoms with Crippen LogP contribution in [-0.2, 0) is 12.8 Å². The van der Waals surface area contributed by atoms with Crippen LogP contribution in [0.1, 0.15) is 59.1 Å². The lowest BCUT2D eigenvalue weighted by Gasteiger charge is -2.32. The minimum absolute atomic E-state index is 0.0970. The van der Waals surface area contributed by atoms with Crippen LogP contribution in [0.3, 0.4) is 0 Å². The summed E-state index contributed by atoms with van der Waals surface area (Å²) in [5.74, 6) is 0.0231. The summed E-state index contributed by atoms with van der Waals surface area (Å²) in [5.41, 5.74) is 8.25. The number of hydrogen-bond acceptors (Lipinski definition) is 0. The third-order valence-corrected chi connectivity index (χ3v) is 5.15. The molecule has 21 heavy (non-hydrogen) atoms. The van der Waals surface area contributed by atoms with E-state index >= 15 is 0 Å². The van der Waals surface area contributed by atoms with Crippen molar-refractivity contribution in [2.45, 2.75) is 38.5 Å². The summed E-state index contributed by atoms with van der Waals surface area (Å²) in [5, 5.41) is 0. The van der Waals surface area contributed by atoms with E-state index in [-0.39, 0.29) is 11.7 Å². The third-order valence-electron chi connectivity index (χ3n) is 5.15. The zero-order chi connectivity index (χ0) is 14.6. The zero-order valence-electron chi connectivity index (χ0n) is 12.4. The quantitative estimate of drug-likeness (QED) is 0.619. The number of hydrogen-bond donors (Lipinski definition) is 0. The number of fused-ring (bicyclic) bond motifs is 4. The Morgan fingerprint density at radius 2 is 1.76 bits per heavy atom. The highest BCUT2D eigenvalue weighted by Gasteiger charge is 2.30. The smallest absolute Gasteiger partial charge is 0.127 e. The fraction of sp³-hybridized carbons (Fsp3) is 0.300. The third kappa shape index (κ3) is 1.73. The molecular formula is C20H19F. The number of aryl methyl sites for hydroxylation is 1. The van der Waals surface area contributed by atoms with E-state index < -0.39 is 0 Å². The standard InChI is InChI=1S/C20H19F/c1-12-15-8-5-9-18(21)20(15)13(2)19-16(12)11-10-14-6-3-4-7-17(14)19/h5,8-11,13H,1,3-4,6-7H2,2H3. The van der Waals surface area contributed by atoms with Gasteiger partial charge in [-0.15, -0.1) is 0 Å². The van der Waals surface area contributed by atoms with Crippen molar-refractivity contribution in [3.8, 4) is 0 Å². The highest BCUT2D eigenvalue weighted by Crippen LogP contribution is 2.46. The van der Waals surface area contributed by atoms with Gasteiger partial charge in [-0.25, -0.2) is 4.39 Å². The van der Waals surface area contributed by atoms with Crippen molar-refractivity contribution in [3.05, 3.63) is 76.1 Å². The van der Waals surface area contributed by atoms with Gasteiger partial charge >= 0.3 is 0 Å². The molecular weight excluding hydrogens is 259 g/mol. The van der Waals surface area contributed by atoms with Gasteiger partial charge in [0.05, 0.1) is 0 Å². The molecule has 0 saturated carbocycles. The second-order valence-electron chi connectivity index (χ2n) is 6.27. The van der Waals surface area contributed by atoms with E-state index in [2.05, 4.69) is 25.6 Å². The van der Waals surface area contributed by atoms with E-state index in [4.69, 9.17) is 0 Å². The van der Waals surface area contributed by atoms with Crippen LogP contribution in [0.2, 0.25) is 0 Å². The molecule has 0 bridgehead atoms. The molecule has 106 valence electrons. The van der Waals surface area contributed by atoms with Gasteiger partial charge in [-0.3, -0.25) is 0 Å². The highest BCUT2D eigenvalue weighted by atomic mass is 19.1. The lowest BCUT2D eigenvalue weighted by molar-refractivity contribution is 0.597. The van der Waals surface area contributed by atoms with E-state index in [1.54, 1.807) is 12.1 Å². The molecule has 0 radical (unpaired) electrons. The maximum absolute atomic E-state index is 14.4. The second-order valence-corrected chi connectivity index (χ2v) is 6.27. The molecule has 2 aromatic carbocycles. The minimum Gasteiger partial charge on any atom is -0.207 e. The Labute approximate surface area is 125 Å². The molecule has 0 fully saturated rings. The van der Waals surface area contributed by atoms with Crippen LogP contribution in [0.4, 0.5) is 4.39 Å². The van der Waals surface area contributed by atoms with Crippen LogP contribution in [0.5, 0.6) is 0 Å². The molecule has 1 unspecified atom stereocenters. The average Bonchev–Trinajstić information content (AvgIpc) is 2.51. The maximum atomic E-state index is 14.4. The Morgan fingerprint density at radius 3 is 2.62 bits per heavy atom. The van der Waals surface area contributed by atoms with Gasteiger partial charge in [-0.1, -0.05) is 37.8 Å². The van der Waals surface area contributed by atoms with E-state index in [0.29, 0.717) is 0 Å². The lowest BCUT2D eigenvalue weighted by atomic mass is 9.72. The number of rotatable bonds is 0. The summed E-state index contributed by atoms with van der Waals surface area (Å²) in [6.07, 6.45) is 4.80. The van der Waals surface area contributed by atoms with Crippen LogP contribution >= 0.6 is 0 Å². The van der Waals surface area contributed by atoms with Crippen molar-refractivity contribution in [1.29, 1.82) is 0 Å². The molecule has 0 N–H and O–H groups in total. The molecule has 1 heteroatoms. The largest absolute Gasteiger partial charge is 0.207 e. The monoisotopic (exact) mass is 278 g/mol. The Bertz CT molecular complexity index is 755. The van der Waals surface area contributed by atoms with Gasteiger partial charge in [0.25, 0.3) is 0 Å². The van der Waals surface area contributed by atoms with E-state index in [1.165, 1.54) is 35.1 Å². The SMILES string of the molecule is C=C1c2cccc(F)c2C(C)c2c1ccc1c2CCCC1. The fourth-order valence-electron chi connectivity index (χ4n) is 4.14. The molecule has 0 amide bonds. The predicted molar refractivity (Wildman–Crippen MR) is 85.1 cm³/mol. The molecule has 2 aliphatic carbocycles. The second kappa shape index (κ2) is 4.56. The summed E-state index contributed by atoms with van der Waals surface area (Å²) in [7, 11) is 0. The molecule has 0 nitrogen and oxygen atoms in total. The highest BCUT2D eigenvalue weighted by molar-refractivity contribution is 5.86. The van der Waals surface area contributed by atoms with Gasteiger partial charge in [0, 0.05) is 11.5 Å². The van der Waals surface area contributed by atoms with Gasteiger partial charge in [0.2, 0.25) is 0 Å². The normalized spacial score (nSPS) is 19.7. The van der Waals surface area contributed by atoms with Crippen molar-refractivity contribution in [2.75, 3.05) is 0 Å². The molecule has 2 aliphatic rings. The van der Waals surface area contributed by atoms with Gasteiger partial charge in [0.15, 0.2) is 0 Å². The van der Waals surface area contributed by atoms with Gasteiger partial charge in [0.1, 0.15) is 5.82 Å². The summed E-state index contributed by atoms with van der Waals surface area (Å²) >= 11 is 0. The first kappa shape index (κ1) is 12.8. The minimum atomic E-state index is -0.0970. The molecule has 0 aromatic heterocycles. The molecule has 2 aromatic rings. The Morgan fingerprint density at radius 1 is 1.00 bits per heavy atom. The van der Waals surface area contributed by atoms with E-state index in [1.807, 2.05) is 6.07 Å². The van der Waals surface area contributed by atoms with Crippen molar-refractivity contribution >= 4 is 5.57 Å². The summed E-state index contributed by atoms with van der Waals surface area (Å²) in [6, 6.07) is 9.82. The van der Waals surface area contributed by atoms with Crippen LogP contribution in [0.15, 0.2) is 36.9 Å². The van der Waals surface area contributed by atoms with Crippen LogP contribution < -0.4 is 0 Å². The average molecular weight is 278 g/mol. The van der Waals surface area contributed by atoms with Crippen LogP contribution in [0, 0.1) is 5.82 Å². The van der Waals surface area contributed by atoms with Gasteiger partial charge in [-0.05, 0) is 65.1 Å². The van der Waals surface area contributed by atoms with Crippen molar-refractivity contribution in [2.24, 2.45) is 0 Å². The molecule has 0 saturated heterocycles. The van der Waals surface area contributed by atoms with Crippen molar-refractivity contribution in [3.63, 3.8) is 0 Å².